The SMILES string of the molecule is Cc1cc(Br)cc(C2CNC(C)CN2)c1. The zero-order valence-corrected chi connectivity index (χ0v) is 10.8. The molecular formula is C12H17BrN2. The Bertz CT molecular complexity index is 323. The van der Waals surface area contributed by atoms with Crippen molar-refractivity contribution in [2.45, 2.75) is 25.9 Å². The van der Waals surface area contributed by atoms with E-state index >= 15 is 0 Å². The Balaban J connectivity index is 2.15. The lowest BCUT2D eigenvalue weighted by Crippen LogP contribution is -2.48. The Morgan fingerprint density at radius 1 is 1.20 bits per heavy atom. The molecule has 3 heteroatoms. The molecule has 1 fully saturated rings. The smallest absolute Gasteiger partial charge is 0.0447 e. The second-order valence-electron chi connectivity index (χ2n) is 4.33. The third-order valence-electron chi connectivity index (χ3n) is 2.81. The minimum Gasteiger partial charge on any atom is -0.311 e. The molecule has 1 aliphatic rings. The number of rotatable bonds is 1. The van der Waals surface area contributed by atoms with Crippen LogP contribution in [-0.4, -0.2) is 19.1 Å². The maximum absolute atomic E-state index is 3.56. The minimum atomic E-state index is 0.442. The first-order valence-electron chi connectivity index (χ1n) is 5.39. The van der Waals surface area contributed by atoms with Crippen LogP contribution in [0.25, 0.3) is 0 Å². The van der Waals surface area contributed by atoms with Crippen LogP contribution < -0.4 is 10.6 Å². The number of piperazine rings is 1. The van der Waals surface area contributed by atoms with Gasteiger partial charge in [0.1, 0.15) is 0 Å². The van der Waals surface area contributed by atoms with Gasteiger partial charge in [0, 0.05) is 29.6 Å². The van der Waals surface area contributed by atoms with Gasteiger partial charge in [0.2, 0.25) is 0 Å². The molecule has 2 N–H and O–H groups in total. The molecule has 1 aromatic rings. The summed E-state index contributed by atoms with van der Waals surface area (Å²) in [6, 6.07) is 7.61. The molecule has 2 unspecified atom stereocenters. The highest BCUT2D eigenvalue weighted by Gasteiger charge is 2.18. The first-order chi connectivity index (χ1) is 7.15. The van der Waals surface area contributed by atoms with Gasteiger partial charge in [-0.25, -0.2) is 0 Å². The summed E-state index contributed by atoms with van der Waals surface area (Å²) in [6.07, 6.45) is 0. The van der Waals surface area contributed by atoms with Crippen molar-refractivity contribution in [1.29, 1.82) is 0 Å². The number of nitrogens with one attached hydrogen (secondary N) is 2. The van der Waals surface area contributed by atoms with Crippen LogP contribution in [0.5, 0.6) is 0 Å². The summed E-state index contributed by atoms with van der Waals surface area (Å²) < 4.78 is 1.16. The molecule has 0 saturated carbocycles. The fourth-order valence-electron chi connectivity index (χ4n) is 1.98. The average molecular weight is 269 g/mol. The predicted molar refractivity (Wildman–Crippen MR) is 67.1 cm³/mol. The van der Waals surface area contributed by atoms with Crippen molar-refractivity contribution in [2.24, 2.45) is 0 Å². The zero-order valence-electron chi connectivity index (χ0n) is 9.18. The Kier molecular flexibility index (Phi) is 3.44. The molecule has 0 aromatic heterocycles. The van der Waals surface area contributed by atoms with Crippen molar-refractivity contribution in [3.05, 3.63) is 33.8 Å². The summed E-state index contributed by atoms with van der Waals surface area (Å²) in [5.41, 5.74) is 2.67. The maximum atomic E-state index is 3.56. The normalized spacial score (nSPS) is 26.6. The van der Waals surface area contributed by atoms with Crippen molar-refractivity contribution < 1.29 is 0 Å². The molecule has 0 bridgehead atoms. The van der Waals surface area contributed by atoms with E-state index in [4.69, 9.17) is 0 Å². The third-order valence-corrected chi connectivity index (χ3v) is 3.27. The quantitative estimate of drug-likeness (QED) is 0.818. The van der Waals surface area contributed by atoms with Crippen LogP contribution in [0.15, 0.2) is 22.7 Å². The van der Waals surface area contributed by atoms with E-state index in [9.17, 15) is 0 Å². The van der Waals surface area contributed by atoms with Gasteiger partial charge < -0.3 is 10.6 Å². The van der Waals surface area contributed by atoms with Gasteiger partial charge in [-0.2, -0.15) is 0 Å². The highest BCUT2D eigenvalue weighted by atomic mass is 79.9. The Morgan fingerprint density at radius 2 is 2.00 bits per heavy atom. The largest absolute Gasteiger partial charge is 0.311 e. The fourth-order valence-corrected chi connectivity index (χ4v) is 2.61. The van der Waals surface area contributed by atoms with Crippen molar-refractivity contribution in [3.63, 3.8) is 0 Å². The Morgan fingerprint density at radius 3 is 2.60 bits per heavy atom. The van der Waals surface area contributed by atoms with Gasteiger partial charge in [-0.1, -0.05) is 22.0 Å². The average Bonchev–Trinajstić information content (AvgIpc) is 2.17. The highest BCUT2D eigenvalue weighted by molar-refractivity contribution is 9.10. The van der Waals surface area contributed by atoms with Crippen LogP contribution in [0.3, 0.4) is 0 Å². The lowest BCUT2D eigenvalue weighted by Gasteiger charge is -2.29. The number of halogens is 1. The zero-order chi connectivity index (χ0) is 10.8. The van der Waals surface area contributed by atoms with E-state index in [-0.39, 0.29) is 0 Å². The molecular weight excluding hydrogens is 252 g/mol. The summed E-state index contributed by atoms with van der Waals surface area (Å²) in [6.45, 7) is 6.38. The van der Waals surface area contributed by atoms with Crippen molar-refractivity contribution in [3.8, 4) is 0 Å². The molecule has 0 aliphatic carbocycles. The van der Waals surface area contributed by atoms with Crippen LogP contribution in [0.2, 0.25) is 0 Å². The Labute approximate surface area is 99.6 Å². The molecule has 0 amide bonds. The minimum absolute atomic E-state index is 0.442. The number of benzene rings is 1. The lowest BCUT2D eigenvalue weighted by atomic mass is 10.0. The molecule has 2 atom stereocenters. The molecule has 82 valence electrons. The Hall–Kier alpha value is -0.380. The first kappa shape index (κ1) is 11.1. The van der Waals surface area contributed by atoms with Crippen molar-refractivity contribution in [1.82, 2.24) is 10.6 Å². The van der Waals surface area contributed by atoms with Gasteiger partial charge in [0.05, 0.1) is 0 Å². The first-order valence-corrected chi connectivity index (χ1v) is 6.18. The van der Waals surface area contributed by atoms with E-state index < -0.39 is 0 Å². The molecule has 0 spiro atoms. The summed E-state index contributed by atoms with van der Waals surface area (Å²) in [7, 11) is 0. The topological polar surface area (TPSA) is 24.1 Å². The summed E-state index contributed by atoms with van der Waals surface area (Å²) in [4.78, 5) is 0. The van der Waals surface area contributed by atoms with Crippen LogP contribution in [-0.2, 0) is 0 Å². The molecule has 15 heavy (non-hydrogen) atoms. The van der Waals surface area contributed by atoms with Crippen LogP contribution in [0, 0.1) is 6.92 Å². The highest BCUT2D eigenvalue weighted by Crippen LogP contribution is 2.21. The van der Waals surface area contributed by atoms with Gasteiger partial charge in [-0.3, -0.25) is 0 Å². The number of hydrogen-bond acceptors (Lipinski definition) is 2. The predicted octanol–water partition coefficient (Wildman–Crippen LogP) is 2.38. The monoisotopic (exact) mass is 268 g/mol. The van der Waals surface area contributed by atoms with E-state index in [1.807, 2.05) is 0 Å². The van der Waals surface area contributed by atoms with E-state index in [2.05, 4.69) is 58.6 Å². The van der Waals surface area contributed by atoms with E-state index in [0.29, 0.717) is 12.1 Å². The van der Waals surface area contributed by atoms with Gasteiger partial charge in [-0.05, 0) is 37.1 Å². The van der Waals surface area contributed by atoms with Gasteiger partial charge in [0.25, 0.3) is 0 Å². The second-order valence-corrected chi connectivity index (χ2v) is 5.25. The molecule has 0 radical (unpaired) electrons. The molecule has 1 saturated heterocycles. The molecule has 2 rings (SSSR count). The van der Waals surface area contributed by atoms with Gasteiger partial charge in [0.15, 0.2) is 0 Å². The van der Waals surface area contributed by atoms with Crippen LogP contribution in [0.1, 0.15) is 24.1 Å². The van der Waals surface area contributed by atoms with Crippen LogP contribution in [0.4, 0.5) is 0 Å². The second kappa shape index (κ2) is 4.64. The number of aryl methyl sites for hydroxylation is 1. The fraction of sp³-hybridized carbons (Fsp3) is 0.500. The number of hydrogen-bond donors (Lipinski definition) is 2. The standard InChI is InChI=1S/C12H17BrN2/c1-8-3-10(5-11(13)4-8)12-7-14-9(2)6-15-12/h3-5,9,12,14-15H,6-7H2,1-2H3. The molecule has 2 nitrogen and oxygen atoms in total. The molecule has 1 heterocycles. The third kappa shape index (κ3) is 2.80. The summed E-state index contributed by atoms with van der Waals surface area (Å²) in [5.74, 6) is 0. The van der Waals surface area contributed by atoms with Crippen LogP contribution >= 0.6 is 15.9 Å². The summed E-state index contributed by atoms with van der Waals surface area (Å²) in [5, 5.41) is 7.05. The van der Waals surface area contributed by atoms with Gasteiger partial charge in [-0.15, -0.1) is 0 Å². The van der Waals surface area contributed by atoms with Gasteiger partial charge >= 0.3 is 0 Å². The van der Waals surface area contributed by atoms with E-state index in [1.54, 1.807) is 0 Å². The summed E-state index contributed by atoms with van der Waals surface area (Å²) >= 11 is 3.54. The van der Waals surface area contributed by atoms with E-state index in [0.717, 1.165) is 17.6 Å². The van der Waals surface area contributed by atoms with E-state index in [1.165, 1.54) is 11.1 Å². The molecule has 1 aliphatic heterocycles. The van der Waals surface area contributed by atoms with Crippen molar-refractivity contribution >= 4 is 15.9 Å². The van der Waals surface area contributed by atoms with Crippen molar-refractivity contribution in [2.75, 3.05) is 13.1 Å². The maximum Gasteiger partial charge on any atom is 0.0447 e. The lowest BCUT2D eigenvalue weighted by molar-refractivity contribution is 0.366. The molecule has 1 aromatic carbocycles.